The molecule has 0 fully saturated rings. The van der Waals surface area contributed by atoms with E-state index in [1.165, 1.54) is 10.1 Å². The molecule has 1 unspecified atom stereocenters. The summed E-state index contributed by atoms with van der Waals surface area (Å²) in [4.78, 5) is 18.1. The maximum atomic E-state index is 12.7. The predicted molar refractivity (Wildman–Crippen MR) is 99.5 cm³/mol. The van der Waals surface area contributed by atoms with E-state index in [4.69, 9.17) is 4.74 Å². The van der Waals surface area contributed by atoms with Gasteiger partial charge < -0.3 is 10.1 Å². The second kappa shape index (κ2) is 6.22. The Labute approximate surface area is 148 Å². The van der Waals surface area contributed by atoms with Crippen molar-refractivity contribution in [1.82, 2.24) is 14.7 Å². The van der Waals surface area contributed by atoms with Gasteiger partial charge in [0, 0.05) is 21.8 Å². The monoisotopic (exact) mass is 351 g/mol. The number of fused-ring (bicyclic) bond motifs is 2. The van der Waals surface area contributed by atoms with E-state index in [2.05, 4.69) is 28.5 Å². The molecule has 0 aliphatic carbocycles. The van der Waals surface area contributed by atoms with Crippen molar-refractivity contribution in [3.05, 3.63) is 65.4 Å². The first kappa shape index (κ1) is 15.7. The molecule has 1 amide bonds. The molecule has 0 aliphatic heterocycles. The lowest BCUT2D eigenvalue weighted by Crippen LogP contribution is -2.27. The van der Waals surface area contributed by atoms with Crippen LogP contribution in [-0.2, 0) is 0 Å². The number of benzene rings is 1. The first-order valence-corrected chi connectivity index (χ1v) is 8.78. The average molecular weight is 351 g/mol. The lowest BCUT2D eigenvalue weighted by atomic mass is 10.2. The fourth-order valence-electron chi connectivity index (χ4n) is 2.81. The zero-order valence-corrected chi connectivity index (χ0v) is 14.7. The standard InChI is InChI=1S/C19H17N3O2S/c1-12(17-9-13-5-3-4-6-16(13)25-17)21-19(23)15-11-20-18-10-14(24-2)7-8-22(15)18/h3-12H,1-2H3,(H,21,23). The van der Waals surface area contributed by atoms with Crippen LogP contribution in [0.3, 0.4) is 0 Å². The van der Waals surface area contributed by atoms with E-state index in [-0.39, 0.29) is 11.9 Å². The Kier molecular flexibility index (Phi) is 3.89. The van der Waals surface area contributed by atoms with Crippen LogP contribution in [-0.4, -0.2) is 22.4 Å². The average Bonchev–Trinajstić information content (AvgIpc) is 3.25. The van der Waals surface area contributed by atoms with Gasteiger partial charge in [-0.05, 0) is 30.5 Å². The number of carbonyl (C=O) groups excluding carboxylic acids is 1. The third-order valence-electron chi connectivity index (χ3n) is 4.17. The minimum atomic E-state index is -0.150. The van der Waals surface area contributed by atoms with E-state index in [9.17, 15) is 4.79 Å². The number of hydrogen-bond acceptors (Lipinski definition) is 4. The quantitative estimate of drug-likeness (QED) is 0.603. The molecule has 4 aromatic rings. The van der Waals surface area contributed by atoms with Crippen LogP contribution in [0.4, 0.5) is 0 Å². The summed E-state index contributed by atoms with van der Waals surface area (Å²) in [6, 6.07) is 13.9. The molecule has 1 N–H and O–H groups in total. The van der Waals surface area contributed by atoms with Crippen LogP contribution in [0.2, 0.25) is 0 Å². The summed E-state index contributed by atoms with van der Waals surface area (Å²) >= 11 is 1.70. The summed E-state index contributed by atoms with van der Waals surface area (Å²) in [5.41, 5.74) is 1.18. The number of hydrogen-bond donors (Lipinski definition) is 1. The van der Waals surface area contributed by atoms with Crippen molar-refractivity contribution in [3.63, 3.8) is 0 Å². The number of imidazole rings is 1. The number of aromatic nitrogens is 2. The van der Waals surface area contributed by atoms with E-state index < -0.39 is 0 Å². The molecule has 3 heterocycles. The van der Waals surface area contributed by atoms with Gasteiger partial charge in [0.15, 0.2) is 0 Å². The van der Waals surface area contributed by atoms with E-state index in [1.807, 2.05) is 19.1 Å². The largest absolute Gasteiger partial charge is 0.497 e. The molecule has 0 aliphatic rings. The number of thiophene rings is 1. The molecule has 0 saturated carbocycles. The first-order chi connectivity index (χ1) is 12.2. The van der Waals surface area contributed by atoms with E-state index in [1.54, 1.807) is 47.4 Å². The van der Waals surface area contributed by atoms with Gasteiger partial charge in [0.1, 0.15) is 17.1 Å². The van der Waals surface area contributed by atoms with Gasteiger partial charge in [0.25, 0.3) is 5.91 Å². The number of ether oxygens (including phenoxy) is 1. The van der Waals surface area contributed by atoms with Crippen LogP contribution < -0.4 is 10.1 Å². The number of carbonyl (C=O) groups is 1. The molecule has 25 heavy (non-hydrogen) atoms. The molecule has 0 saturated heterocycles. The fourth-order valence-corrected chi connectivity index (χ4v) is 3.88. The Morgan fingerprint density at radius 1 is 1.28 bits per heavy atom. The van der Waals surface area contributed by atoms with Crippen molar-refractivity contribution >= 4 is 33.0 Å². The Balaban J connectivity index is 1.58. The normalized spacial score (nSPS) is 12.4. The maximum absolute atomic E-state index is 12.7. The summed E-state index contributed by atoms with van der Waals surface area (Å²) in [5, 5.41) is 4.26. The lowest BCUT2D eigenvalue weighted by Gasteiger charge is -2.12. The highest BCUT2D eigenvalue weighted by Crippen LogP contribution is 2.29. The molecular formula is C19H17N3O2S. The van der Waals surface area contributed by atoms with Crippen LogP contribution in [0.25, 0.3) is 15.7 Å². The van der Waals surface area contributed by atoms with Crippen molar-refractivity contribution in [2.75, 3.05) is 7.11 Å². The van der Waals surface area contributed by atoms with Crippen LogP contribution in [0, 0.1) is 0 Å². The number of pyridine rings is 1. The molecule has 4 rings (SSSR count). The Hall–Kier alpha value is -2.86. The van der Waals surface area contributed by atoms with Crippen LogP contribution in [0.1, 0.15) is 28.3 Å². The number of nitrogens with zero attached hydrogens (tertiary/aromatic N) is 2. The molecule has 0 spiro atoms. The highest BCUT2D eigenvalue weighted by molar-refractivity contribution is 7.19. The fraction of sp³-hybridized carbons (Fsp3) is 0.158. The van der Waals surface area contributed by atoms with Gasteiger partial charge in [-0.3, -0.25) is 9.20 Å². The number of methoxy groups -OCH3 is 1. The summed E-state index contributed by atoms with van der Waals surface area (Å²) in [6.45, 7) is 1.99. The third-order valence-corrected chi connectivity index (χ3v) is 5.47. The molecule has 0 bridgehead atoms. The van der Waals surface area contributed by atoms with Gasteiger partial charge in [0.05, 0.1) is 19.3 Å². The highest BCUT2D eigenvalue weighted by Gasteiger charge is 2.17. The Morgan fingerprint density at radius 2 is 2.12 bits per heavy atom. The number of nitrogens with one attached hydrogen (secondary N) is 1. The molecule has 5 nitrogen and oxygen atoms in total. The topological polar surface area (TPSA) is 55.6 Å². The van der Waals surface area contributed by atoms with Gasteiger partial charge >= 0.3 is 0 Å². The zero-order chi connectivity index (χ0) is 17.4. The van der Waals surface area contributed by atoms with Gasteiger partial charge in [0.2, 0.25) is 0 Å². The summed E-state index contributed by atoms with van der Waals surface area (Å²) in [6.07, 6.45) is 3.38. The Bertz CT molecular complexity index is 1030. The lowest BCUT2D eigenvalue weighted by molar-refractivity contribution is 0.0934. The van der Waals surface area contributed by atoms with E-state index in [0.717, 1.165) is 4.88 Å². The molecule has 1 aromatic carbocycles. The predicted octanol–water partition coefficient (Wildman–Crippen LogP) is 4.05. The van der Waals surface area contributed by atoms with E-state index >= 15 is 0 Å². The minimum Gasteiger partial charge on any atom is -0.497 e. The molecule has 0 radical (unpaired) electrons. The summed E-state index contributed by atoms with van der Waals surface area (Å²) in [5.74, 6) is 0.561. The molecular weight excluding hydrogens is 334 g/mol. The van der Waals surface area contributed by atoms with Gasteiger partial charge in [-0.2, -0.15) is 0 Å². The molecule has 6 heteroatoms. The van der Waals surface area contributed by atoms with Crippen molar-refractivity contribution in [1.29, 1.82) is 0 Å². The third kappa shape index (κ3) is 2.85. The van der Waals surface area contributed by atoms with Crippen molar-refractivity contribution in [2.24, 2.45) is 0 Å². The van der Waals surface area contributed by atoms with Gasteiger partial charge in [-0.1, -0.05) is 18.2 Å². The molecule has 126 valence electrons. The van der Waals surface area contributed by atoms with Crippen LogP contribution in [0.5, 0.6) is 5.75 Å². The highest BCUT2D eigenvalue weighted by atomic mass is 32.1. The molecule has 3 aromatic heterocycles. The second-order valence-corrected chi connectivity index (χ2v) is 6.94. The SMILES string of the molecule is COc1ccn2c(C(=O)NC(C)c3cc4ccccc4s3)cnc2c1. The van der Waals surface area contributed by atoms with Crippen molar-refractivity contribution in [2.45, 2.75) is 13.0 Å². The summed E-state index contributed by atoms with van der Waals surface area (Å²) < 4.78 is 8.17. The smallest absolute Gasteiger partial charge is 0.270 e. The second-order valence-electron chi connectivity index (χ2n) is 5.82. The Morgan fingerprint density at radius 3 is 2.92 bits per heavy atom. The number of rotatable bonds is 4. The van der Waals surface area contributed by atoms with E-state index in [0.29, 0.717) is 17.1 Å². The van der Waals surface area contributed by atoms with Gasteiger partial charge in [-0.15, -0.1) is 11.3 Å². The van der Waals surface area contributed by atoms with Crippen LogP contribution >= 0.6 is 11.3 Å². The molecule has 1 atom stereocenters. The maximum Gasteiger partial charge on any atom is 0.270 e. The zero-order valence-electron chi connectivity index (χ0n) is 13.9. The summed E-state index contributed by atoms with van der Waals surface area (Å²) in [7, 11) is 1.61. The first-order valence-electron chi connectivity index (χ1n) is 7.96. The minimum absolute atomic E-state index is 0.0753. The van der Waals surface area contributed by atoms with Crippen molar-refractivity contribution in [3.8, 4) is 5.75 Å². The van der Waals surface area contributed by atoms with Crippen LogP contribution in [0.15, 0.2) is 54.9 Å². The van der Waals surface area contributed by atoms with Crippen molar-refractivity contribution < 1.29 is 9.53 Å². The number of amides is 1. The van der Waals surface area contributed by atoms with Gasteiger partial charge in [-0.25, -0.2) is 4.98 Å².